The third kappa shape index (κ3) is 2.44. The molecular weight excluding hydrogens is 276 g/mol. The van der Waals surface area contributed by atoms with E-state index in [1.165, 1.54) is 12.4 Å². The zero-order valence-electron chi connectivity index (χ0n) is 10.2. The van der Waals surface area contributed by atoms with Gasteiger partial charge in [-0.05, 0) is 24.3 Å². The molecule has 2 aromatic heterocycles. The summed E-state index contributed by atoms with van der Waals surface area (Å²) in [5, 5.41) is 3.91. The van der Waals surface area contributed by atoms with Gasteiger partial charge in [0.2, 0.25) is 0 Å². The molecule has 0 unspecified atom stereocenters. The molecule has 5 nitrogen and oxygen atoms in total. The van der Waals surface area contributed by atoms with Gasteiger partial charge >= 0.3 is 0 Å². The molecule has 0 saturated carbocycles. The number of rotatable bonds is 2. The van der Waals surface area contributed by atoms with Crippen LogP contribution < -0.4 is 5.32 Å². The molecular formula is C14H9ClN4O. The molecule has 0 fully saturated rings. The molecule has 0 bridgehead atoms. The molecule has 98 valence electrons. The maximum Gasteiger partial charge on any atom is 0.275 e. The average molecular weight is 285 g/mol. The second kappa shape index (κ2) is 5.22. The van der Waals surface area contributed by atoms with Gasteiger partial charge in [0.05, 0.1) is 23.6 Å². The largest absolute Gasteiger partial charge is 0.320 e. The Bertz CT molecular complexity index is 768. The van der Waals surface area contributed by atoms with Crippen molar-refractivity contribution in [2.45, 2.75) is 0 Å². The lowest BCUT2D eigenvalue weighted by Crippen LogP contribution is -2.14. The van der Waals surface area contributed by atoms with Gasteiger partial charge in [-0.3, -0.25) is 9.78 Å². The van der Waals surface area contributed by atoms with E-state index in [1.54, 1.807) is 6.20 Å². The van der Waals surface area contributed by atoms with Crippen molar-refractivity contribution < 1.29 is 4.79 Å². The monoisotopic (exact) mass is 284 g/mol. The summed E-state index contributed by atoms with van der Waals surface area (Å²) < 4.78 is 0. The van der Waals surface area contributed by atoms with Crippen LogP contribution in [-0.4, -0.2) is 20.9 Å². The fourth-order valence-electron chi connectivity index (χ4n) is 1.83. The number of halogens is 1. The molecule has 0 aliphatic heterocycles. The summed E-state index contributed by atoms with van der Waals surface area (Å²) in [4.78, 5) is 24.1. The van der Waals surface area contributed by atoms with Gasteiger partial charge < -0.3 is 5.32 Å². The Morgan fingerprint density at radius 1 is 1.05 bits per heavy atom. The molecule has 0 aliphatic carbocycles. The summed E-state index contributed by atoms with van der Waals surface area (Å²) in [5.74, 6) is -0.342. The summed E-state index contributed by atoms with van der Waals surface area (Å²) in [6.45, 7) is 0. The minimum absolute atomic E-state index is 0.204. The highest BCUT2D eigenvalue weighted by Gasteiger charge is 2.10. The van der Waals surface area contributed by atoms with Crippen molar-refractivity contribution in [2.24, 2.45) is 0 Å². The van der Waals surface area contributed by atoms with Crippen LogP contribution in [0, 0.1) is 0 Å². The molecule has 6 heteroatoms. The quantitative estimate of drug-likeness (QED) is 0.785. The second-order valence-electron chi connectivity index (χ2n) is 4.05. The molecule has 0 aliphatic rings. The first-order chi connectivity index (χ1) is 9.74. The first-order valence-corrected chi connectivity index (χ1v) is 6.24. The van der Waals surface area contributed by atoms with Crippen molar-refractivity contribution in [1.29, 1.82) is 0 Å². The number of anilines is 1. The molecule has 3 rings (SSSR count). The number of pyridine rings is 1. The van der Waals surface area contributed by atoms with E-state index in [0.717, 1.165) is 10.9 Å². The highest BCUT2D eigenvalue weighted by atomic mass is 35.5. The van der Waals surface area contributed by atoms with E-state index in [-0.39, 0.29) is 16.8 Å². The number of benzene rings is 1. The van der Waals surface area contributed by atoms with Crippen LogP contribution >= 0.6 is 11.6 Å². The van der Waals surface area contributed by atoms with Crippen molar-refractivity contribution in [3.05, 3.63) is 59.8 Å². The van der Waals surface area contributed by atoms with Gasteiger partial charge in [-0.25, -0.2) is 9.97 Å². The third-order valence-corrected chi connectivity index (χ3v) is 2.94. The van der Waals surface area contributed by atoms with E-state index in [1.807, 2.05) is 30.3 Å². The van der Waals surface area contributed by atoms with Gasteiger partial charge in [0.25, 0.3) is 5.91 Å². The van der Waals surface area contributed by atoms with Crippen molar-refractivity contribution in [2.75, 3.05) is 5.32 Å². The fraction of sp³-hybridized carbons (Fsp3) is 0. The highest BCUT2D eigenvalue weighted by molar-refractivity contribution is 6.29. The molecule has 1 aromatic carbocycles. The lowest BCUT2D eigenvalue weighted by Gasteiger charge is -2.07. The Balaban J connectivity index is 1.93. The Kier molecular flexibility index (Phi) is 3.26. The average Bonchev–Trinajstić information content (AvgIpc) is 2.48. The zero-order chi connectivity index (χ0) is 13.9. The first-order valence-electron chi connectivity index (χ1n) is 5.87. The van der Waals surface area contributed by atoms with Gasteiger partial charge in [0.1, 0.15) is 10.8 Å². The first kappa shape index (κ1) is 12.5. The number of aromatic nitrogens is 3. The molecule has 1 N–H and O–H groups in total. The molecule has 0 atom stereocenters. The van der Waals surface area contributed by atoms with Crippen LogP contribution in [0.25, 0.3) is 10.9 Å². The molecule has 0 saturated heterocycles. The number of hydrogen-bond acceptors (Lipinski definition) is 4. The Morgan fingerprint density at radius 2 is 1.95 bits per heavy atom. The normalized spacial score (nSPS) is 10.4. The van der Waals surface area contributed by atoms with Gasteiger partial charge in [-0.15, -0.1) is 0 Å². The Hall–Kier alpha value is -2.53. The fourth-order valence-corrected chi connectivity index (χ4v) is 1.93. The second-order valence-corrected chi connectivity index (χ2v) is 4.44. The number of nitrogens with zero attached hydrogens (tertiary/aromatic N) is 3. The minimum atomic E-state index is -0.342. The highest BCUT2D eigenvalue weighted by Crippen LogP contribution is 2.21. The molecule has 20 heavy (non-hydrogen) atoms. The van der Waals surface area contributed by atoms with E-state index in [2.05, 4.69) is 20.3 Å². The van der Waals surface area contributed by atoms with Crippen molar-refractivity contribution >= 4 is 34.1 Å². The van der Waals surface area contributed by atoms with Crippen molar-refractivity contribution in [1.82, 2.24) is 15.0 Å². The SMILES string of the molecule is O=C(Nc1cccc2ncccc12)c1cnc(Cl)cn1. The van der Waals surface area contributed by atoms with Crippen LogP contribution in [0.2, 0.25) is 5.15 Å². The van der Waals surface area contributed by atoms with E-state index in [9.17, 15) is 4.79 Å². The van der Waals surface area contributed by atoms with E-state index >= 15 is 0 Å². The van der Waals surface area contributed by atoms with Gasteiger partial charge in [0, 0.05) is 11.6 Å². The third-order valence-electron chi connectivity index (χ3n) is 2.75. The van der Waals surface area contributed by atoms with Crippen LogP contribution in [0.1, 0.15) is 10.5 Å². The van der Waals surface area contributed by atoms with E-state index in [4.69, 9.17) is 11.6 Å². The maximum atomic E-state index is 12.1. The van der Waals surface area contributed by atoms with E-state index in [0.29, 0.717) is 5.69 Å². The molecule has 1 amide bonds. The molecule has 3 aromatic rings. The summed E-state index contributed by atoms with van der Waals surface area (Å²) in [7, 11) is 0. The Labute approximate surface area is 119 Å². The summed E-state index contributed by atoms with van der Waals surface area (Å²) in [6, 6.07) is 9.24. The summed E-state index contributed by atoms with van der Waals surface area (Å²) in [5.41, 5.74) is 1.69. The van der Waals surface area contributed by atoms with Crippen LogP contribution in [0.4, 0.5) is 5.69 Å². The predicted octanol–water partition coefficient (Wildman–Crippen LogP) is 2.93. The van der Waals surface area contributed by atoms with E-state index < -0.39 is 0 Å². The number of hydrogen-bond donors (Lipinski definition) is 1. The van der Waals surface area contributed by atoms with Crippen molar-refractivity contribution in [3.63, 3.8) is 0 Å². The number of carbonyl (C=O) groups is 1. The summed E-state index contributed by atoms with van der Waals surface area (Å²) in [6.07, 6.45) is 4.38. The zero-order valence-corrected chi connectivity index (χ0v) is 11.0. The molecule has 0 spiro atoms. The molecule has 2 heterocycles. The van der Waals surface area contributed by atoms with Gasteiger partial charge in [0.15, 0.2) is 0 Å². The molecule has 0 radical (unpaired) electrons. The van der Waals surface area contributed by atoms with Gasteiger partial charge in [-0.2, -0.15) is 0 Å². The van der Waals surface area contributed by atoms with Crippen molar-refractivity contribution in [3.8, 4) is 0 Å². The number of amides is 1. The van der Waals surface area contributed by atoms with Crippen LogP contribution in [-0.2, 0) is 0 Å². The van der Waals surface area contributed by atoms with Crippen LogP contribution in [0.3, 0.4) is 0 Å². The van der Waals surface area contributed by atoms with Crippen LogP contribution in [0.15, 0.2) is 48.9 Å². The lowest BCUT2D eigenvalue weighted by atomic mass is 10.2. The number of nitrogens with one attached hydrogen (secondary N) is 1. The Morgan fingerprint density at radius 3 is 2.75 bits per heavy atom. The van der Waals surface area contributed by atoms with Gasteiger partial charge in [-0.1, -0.05) is 17.7 Å². The topological polar surface area (TPSA) is 67.8 Å². The number of fused-ring (bicyclic) bond motifs is 1. The summed E-state index contributed by atoms with van der Waals surface area (Å²) >= 11 is 5.64. The predicted molar refractivity (Wildman–Crippen MR) is 76.7 cm³/mol. The van der Waals surface area contributed by atoms with Crippen LogP contribution in [0.5, 0.6) is 0 Å². The lowest BCUT2D eigenvalue weighted by molar-refractivity contribution is 0.102. The standard InChI is InChI=1S/C14H9ClN4O/c15-13-8-17-12(7-18-13)14(20)19-11-5-1-4-10-9(11)3-2-6-16-10/h1-8H,(H,19,20). The maximum absolute atomic E-state index is 12.1. The number of carbonyl (C=O) groups excluding carboxylic acids is 1. The minimum Gasteiger partial charge on any atom is -0.320 e. The smallest absolute Gasteiger partial charge is 0.275 e.